The Bertz CT molecular complexity index is 673. The van der Waals surface area contributed by atoms with Crippen LogP contribution in [-0.4, -0.2) is 29.1 Å². The zero-order chi connectivity index (χ0) is 17.4. The molecule has 0 bridgehead atoms. The summed E-state index contributed by atoms with van der Waals surface area (Å²) in [4.78, 5) is 9.21. The first-order valence-corrected chi connectivity index (χ1v) is 9.20. The van der Waals surface area contributed by atoms with Gasteiger partial charge in [-0.3, -0.25) is 0 Å². The fourth-order valence-electron chi connectivity index (χ4n) is 2.19. The van der Waals surface area contributed by atoms with Gasteiger partial charge in [-0.15, -0.1) is 35.3 Å². The first-order valence-electron chi connectivity index (χ1n) is 8.33. The highest BCUT2D eigenvalue weighted by atomic mass is 127. The molecule has 0 saturated carbocycles. The molecule has 0 aliphatic heterocycles. The third kappa shape index (κ3) is 7.60. The molecule has 0 aliphatic rings. The summed E-state index contributed by atoms with van der Waals surface area (Å²) >= 11 is 1.66. The van der Waals surface area contributed by atoms with E-state index in [2.05, 4.69) is 39.8 Å². The van der Waals surface area contributed by atoms with Gasteiger partial charge in [-0.1, -0.05) is 26.0 Å². The molecule has 2 aromatic rings. The molecular weight excluding hydrogens is 447 g/mol. The van der Waals surface area contributed by atoms with Crippen LogP contribution in [0.3, 0.4) is 0 Å². The Morgan fingerprint density at radius 2 is 2.12 bits per heavy atom. The van der Waals surface area contributed by atoms with Crippen molar-refractivity contribution in [3.05, 3.63) is 45.9 Å². The summed E-state index contributed by atoms with van der Waals surface area (Å²) in [7, 11) is 0. The Morgan fingerprint density at radius 3 is 2.76 bits per heavy atom. The molecule has 0 atom stereocenters. The Kier molecular flexibility index (Phi) is 9.81. The maximum atomic E-state index is 9.49. The number of phenols is 1. The zero-order valence-corrected chi connectivity index (χ0v) is 18.1. The van der Waals surface area contributed by atoms with E-state index in [1.807, 2.05) is 19.1 Å². The maximum Gasteiger partial charge on any atom is 0.191 e. The number of halogens is 1. The first kappa shape index (κ1) is 21.7. The summed E-state index contributed by atoms with van der Waals surface area (Å²) in [5.74, 6) is 1.55. The fourth-order valence-corrected chi connectivity index (χ4v) is 3.07. The van der Waals surface area contributed by atoms with Gasteiger partial charge in [-0.2, -0.15) is 0 Å². The Labute approximate surface area is 171 Å². The number of rotatable bonds is 7. The molecule has 0 spiro atoms. The monoisotopic (exact) mass is 474 g/mol. The van der Waals surface area contributed by atoms with Crippen LogP contribution < -0.4 is 10.6 Å². The minimum absolute atomic E-state index is 0. The van der Waals surface area contributed by atoms with Gasteiger partial charge < -0.3 is 15.7 Å². The van der Waals surface area contributed by atoms with E-state index in [4.69, 9.17) is 0 Å². The van der Waals surface area contributed by atoms with Crippen LogP contribution in [0.25, 0.3) is 0 Å². The average molecular weight is 474 g/mol. The second-order valence-electron chi connectivity index (χ2n) is 5.86. The Hall–Kier alpha value is -1.35. The number of aromatic hydroxyl groups is 1. The van der Waals surface area contributed by atoms with Crippen molar-refractivity contribution < 1.29 is 5.11 Å². The molecule has 2 rings (SSSR count). The van der Waals surface area contributed by atoms with Crippen LogP contribution >= 0.6 is 35.3 Å². The number of nitrogens with one attached hydrogen (secondary N) is 2. The van der Waals surface area contributed by atoms with Gasteiger partial charge in [0.1, 0.15) is 10.8 Å². The van der Waals surface area contributed by atoms with E-state index in [1.165, 1.54) is 0 Å². The third-order valence-electron chi connectivity index (χ3n) is 3.49. The van der Waals surface area contributed by atoms with Crippen LogP contribution in [0.2, 0.25) is 0 Å². The van der Waals surface area contributed by atoms with Gasteiger partial charge >= 0.3 is 0 Å². The predicted molar refractivity (Wildman–Crippen MR) is 116 cm³/mol. The Balaban J connectivity index is 0.00000312. The normalized spacial score (nSPS) is 11.3. The van der Waals surface area contributed by atoms with Crippen LogP contribution in [0.1, 0.15) is 43.0 Å². The lowest BCUT2D eigenvalue weighted by molar-refractivity contribution is 0.474. The second-order valence-corrected chi connectivity index (χ2v) is 6.81. The smallest absolute Gasteiger partial charge is 0.191 e. The molecule has 1 aromatic carbocycles. The summed E-state index contributed by atoms with van der Waals surface area (Å²) in [5, 5.41) is 19.2. The molecule has 0 radical (unpaired) electrons. The van der Waals surface area contributed by atoms with E-state index in [9.17, 15) is 5.11 Å². The molecule has 1 heterocycles. The first-order chi connectivity index (χ1) is 11.6. The predicted octanol–water partition coefficient (Wildman–Crippen LogP) is 3.89. The molecule has 0 saturated heterocycles. The number of aliphatic imine (C=N–C) groups is 1. The largest absolute Gasteiger partial charge is 0.508 e. The van der Waals surface area contributed by atoms with Gasteiger partial charge in [0, 0.05) is 18.5 Å². The minimum Gasteiger partial charge on any atom is -0.508 e. The molecule has 138 valence electrons. The van der Waals surface area contributed by atoms with E-state index >= 15 is 0 Å². The number of nitrogens with zero attached hydrogens (tertiary/aromatic N) is 2. The van der Waals surface area contributed by atoms with Crippen LogP contribution in [0, 0.1) is 0 Å². The number of benzene rings is 1. The van der Waals surface area contributed by atoms with Gasteiger partial charge in [0.05, 0.1) is 12.2 Å². The van der Waals surface area contributed by atoms with Gasteiger partial charge in [0.25, 0.3) is 0 Å². The van der Waals surface area contributed by atoms with E-state index in [0.29, 0.717) is 18.2 Å². The quantitative estimate of drug-likeness (QED) is 0.324. The molecule has 1 aromatic heterocycles. The van der Waals surface area contributed by atoms with Gasteiger partial charge in [0.2, 0.25) is 0 Å². The summed E-state index contributed by atoms with van der Waals surface area (Å²) in [6.07, 6.45) is 0.827. The SMILES string of the molecule is CCNC(=NCc1nc(C(C)C)cs1)NCCc1cccc(O)c1.I. The topological polar surface area (TPSA) is 69.5 Å². The van der Waals surface area contributed by atoms with Crippen molar-refractivity contribution in [1.82, 2.24) is 15.6 Å². The van der Waals surface area contributed by atoms with Crippen molar-refractivity contribution in [1.29, 1.82) is 0 Å². The number of aromatic nitrogens is 1. The van der Waals surface area contributed by atoms with Crippen molar-refractivity contribution in [2.75, 3.05) is 13.1 Å². The number of thiazole rings is 1. The molecular formula is C18H27IN4OS. The summed E-state index contributed by atoms with van der Waals surface area (Å²) < 4.78 is 0. The zero-order valence-electron chi connectivity index (χ0n) is 15.0. The molecule has 0 aliphatic carbocycles. The standard InChI is InChI=1S/C18H26N4OS.HI/c1-4-19-18(20-9-8-14-6-5-7-15(23)10-14)21-11-17-22-16(12-24-17)13(2)3;/h5-7,10,12-13,23H,4,8-9,11H2,1-3H3,(H2,19,20,21);1H. The number of phenolic OH excluding ortho intramolecular Hbond substituents is 1. The molecule has 0 unspecified atom stereocenters. The van der Waals surface area contributed by atoms with E-state index in [-0.39, 0.29) is 24.0 Å². The van der Waals surface area contributed by atoms with Crippen molar-refractivity contribution in [2.45, 2.75) is 39.7 Å². The van der Waals surface area contributed by atoms with Crippen LogP contribution in [0.5, 0.6) is 5.75 Å². The summed E-state index contributed by atoms with van der Waals surface area (Å²) in [6.45, 7) is 8.49. The molecule has 0 amide bonds. The highest BCUT2D eigenvalue weighted by molar-refractivity contribution is 14.0. The average Bonchev–Trinajstić information content (AvgIpc) is 3.02. The summed E-state index contributed by atoms with van der Waals surface area (Å²) in [6, 6.07) is 7.34. The minimum atomic E-state index is 0. The number of hydrogen-bond donors (Lipinski definition) is 3. The second kappa shape index (κ2) is 11.3. The Morgan fingerprint density at radius 1 is 1.32 bits per heavy atom. The molecule has 0 fully saturated rings. The molecule has 5 nitrogen and oxygen atoms in total. The van der Waals surface area contributed by atoms with Crippen molar-refractivity contribution in [2.24, 2.45) is 4.99 Å². The van der Waals surface area contributed by atoms with Crippen LogP contribution in [-0.2, 0) is 13.0 Å². The number of hydrogen-bond acceptors (Lipinski definition) is 4. The molecule has 25 heavy (non-hydrogen) atoms. The van der Waals surface area contributed by atoms with Crippen LogP contribution in [0.4, 0.5) is 0 Å². The van der Waals surface area contributed by atoms with E-state index < -0.39 is 0 Å². The number of guanidine groups is 1. The van der Waals surface area contributed by atoms with Crippen molar-refractivity contribution >= 4 is 41.3 Å². The lowest BCUT2D eigenvalue weighted by atomic mass is 10.1. The highest BCUT2D eigenvalue weighted by Gasteiger charge is 2.05. The van der Waals surface area contributed by atoms with Gasteiger partial charge in [-0.05, 0) is 37.0 Å². The van der Waals surface area contributed by atoms with Crippen LogP contribution in [0.15, 0.2) is 34.6 Å². The van der Waals surface area contributed by atoms with Gasteiger partial charge in [0.15, 0.2) is 5.96 Å². The summed E-state index contributed by atoms with van der Waals surface area (Å²) in [5.41, 5.74) is 2.23. The van der Waals surface area contributed by atoms with Gasteiger partial charge in [-0.25, -0.2) is 9.98 Å². The lowest BCUT2D eigenvalue weighted by Gasteiger charge is -2.11. The van der Waals surface area contributed by atoms with E-state index in [0.717, 1.165) is 41.7 Å². The van der Waals surface area contributed by atoms with Crippen molar-refractivity contribution in [3.63, 3.8) is 0 Å². The molecule has 7 heteroatoms. The fraction of sp³-hybridized carbons (Fsp3) is 0.444. The van der Waals surface area contributed by atoms with Crippen molar-refractivity contribution in [3.8, 4) is 5.75 Å². The highest BCUT2D eigenvalue weighted by Crippen LogP contribution is 2.18. The third-order valence-corrected chi connectivity index (χ3v) is 4.35. The maximum absolute atomic E-state index is 9.49. The lowest BCUT2D eigenvalue weighted by Crippen LogP contribution is -2.38. The molecule has 3 N–H and O–H groups in total. The van der Waals surface area contributed by atoms with E-state index in [1.54, 1.807) is 23.5 Å².